The summed E-state index contributed by atoms with van der Waals surface area (Å²) in [6.45, 7) is 8.46. The number of hydrogen-bond donors (Lipinski definition) is 0. The van der Waals surface area contributed by atoms with Crippen LogP contribution in [0.3, 0.4) is 0 Å². The smallest absolute Gasteiger partial charge is 0.0464 e. The minimum atomic E-state index is 0.532. The van der Waals surface area contributed by atoms with Crippen LogP contribution in [-0.2, 0) is 0 Å². The van der Waals surface area contributed by atoms with E-state index in [2.05, 4.69) is 38.5 Å². The van der Waals surface area contributed by atoms with Crippen LogP contribution in [0.2, 0.25) is 0 Å². The van der Waals surface area contributed by atoms with Crippen molar-refractivity contribution in [3.63, 3.8) is 0 Å². The molecule has 0 radical (unpaired) electrons. The first-order valence-electron chi connectivity index (χ1n) is 6.24. The van der Waals surface area contributed by atoms with Crippen LogP contribution >= 0.6 is 0 Å². The van der Waals surface area contributed by atoms with Crippen LogP contribution in [0.4, 0.5) is 0 Å². The predicted octanol–water partition coefficient (Wildman–Crippen LogP) is 4.12. The van der Waals surface area contributed by atoms with Crippen molar-refractivity contribution in [1.29, 1.82) is 0 Å². The zero-order valence-electron chi connectivity index (χ0n) is 10.6. The Morgan fingerprint density at radius 2 is 2.13 bits per heavy atom. The van der Waals surface area contributed by atoms with Gasteiger partial charge in [0.05, 0.1) is 0 Å². The topological polar surface area (TPSA) is 3.24 Å². The van der Waals surface area contributed by atoms with Crippen LogP contribution < -0.4 is 0 Å². The zero-order valence-corrected chi connectivity index (χ0v) is 10.6. The van der Waals surface area contributed by atoms with Gasteiger partial charge in [0.1, 0.15) is 0 Å². The van der Waals surface area contributed by atoms with Gasteiger partial charge in [-0.2, -0.15) is 0 Å². The van der Waals surface area contributed by atoms with Crippen LogP contribution in [0.25, 0.3) is 0 Å². The number of nitrogens with zero attached hydrogens (tertiary/aromatic N) is 1. The molecule has 1 aliphatic rings. The molecule has 1 saturated carbocycles. The van der Waals surface area contributed by atoms with E-state index >= 15 is 0 Å². The van der Waals surface area contributed by atoms with Gasteiger partial charge in [0, 0.05) is 18.8 Å². The van der Waals surface area contributed by atoms with E-state index in [-0.39, 0.29) is 0 Å². The van der Waals surface area contributed by atoms with Gasteiger partial charge in [-0.3, -0.25) is 0 Å². The Morgan fingerprint density at radius 1 is 1.47 bits per heavy atom. The molecular formula is C14H25N. The summed E-state index contributed by atoms with van der Waals surface area (Å²) in [4.78, 5) is 2.41. The second-order valence-corrected chi connectivity index (χ2v) is 4.60. The summed E-state index contributed by atoms with van der Waals surface area (Å²) in [7, 11) is 2.21. The number of hydrogen-bond acceptors (Lipinski definition) is 1. The average molecular weight is 207 g/mol. The van der Waals surface area contributed by atoms with Gasteiger partial charge in [-0.05, 0) is 26.2 Å². The fourth-order valence-electron chi connectivity index (χ4n) is 2.00. The molecule has 0 heterocycles. The van der Waals surface area contributed by atoms with Gasteiger partial charge in [-0.15, -0.1) is 6.58 Å². The largest absolute Gasteiger partial charge is 0.372 e. The lowest BCUT2D eigenvalue weighted by Gasteiger charge is -2.28. The van der Waals surface area contributed by atoms with Gasteiger partial charge in [0.2, 0.25) is 0 Å². The van der Waals surface area contributed by atoms with Crippen molar-refractivity contribution in [3.05, 3.63) is 23.9 Å². The van der Waals surface area contributed by atoms with Gasteiger partial charge in [-0.1, -0.05) is 37.8 Å². The Kier molecular flexibility index (Phi) is 4.93. The monoisotopic (exact) mass is 207 g/mol. The first kappa shape index (κ1) is 12.4. The summed E-state index contributed by atoms with van der Waals surface area (Å²) >= 11 is 0. The van der Waals surface area contributed by atoms with Crippen molar-refractivity contribution in [1.82, 2.24) is 4.90 Å². The molecular weight excluding hydrogens is 182 g/mol. The fourth-order valence-corrected chi connectivity index (χ4v) is 2.00. The van der Waals surface area contributed by atoms with Gasteiger partial charge in [0.15, 0.2) is 0 Å². The lowest BCUT2D eigenvalue weighted by atomic mass is 10.1. The molecule has 86 valence electrons. The van der Waals surface area contributed by atoms with Crippen LogP contribution in [0.5, 0.6) is 0 Å². The fraction of sp³-hybridized carbons (Fsp3) is 0.714. The maximum absolute atomic E-state index is 3.96. The quantitative estimate of drug-likeness (QED) is 0.448. The number of allylic oxidation sites excluding steroid dienone is 2. The van der Waals surface area contributed by atoms with E-state index in [1.165, 1.54) is 44.2 Å². The third-order valence-corrected chi connectivity index (χ3v) is 3.41. The summed E-state index contributed by atoms with van der Waals surface area (Å²) < 4.78 is 0. The van der Waals surface area contributed by atoms with E-state index in [4.69, 9.17) is 0 Å². The Hall–Kier alpha value is -0.720. The standard InChI is InChI=1S/C14H25N/c1-5-7-8-9-14(6-2)15(4)12(3)13-10-11-13/h6,14H,2,5,7-11H2,1,3-4H3. The highest BCUT2D eigenvalue weighted by atomic mass is 15.1. The SMILES string of the molecule is C=CC(CCCCC)N(C)C(C)=C1CC1. The molecule has 1 unspecified atom stereocenters. The van der Waals surface area contributed by atoms with Crippen molar-refractivity contribution in [2.24, 2.45) is 0 Å². The molecule has 0 aromatic heterocycles. The summed E-state index contributed by atoms with van der Waals surface area (Å²) in [5.74, 6) is 0. The molecule has 1 atom stereocenters. The van der Waals surface area contributed by atoms with Gasteiger partial charge < -0.3 is 4.90 Å². The van der Waals surface area contributed by atoms with Gasteiger partial charge >= 0.3 is 0 Å². The van der Waals surface area contributed by atoms with Crippen molar-refractivity contribution in [2.75, 3.05) is 7.05 Å². The molecule has 1 fully saturated rings. The molecule has 0 N–H and O–H groups in total. The molecule has 0 amide bonds. The molecule has 1 rings (SSSR count). The highest BCUT2D eigenvalue weighted by Gasteiger charge is 2.20. The van der Waals surface area contributed by atoms with E-state index < -0.39 is 0 Å². The summed E-state index contributed by atoms with van der Waals surface area (Å²) in [5, 5.41) is 0. The molecule has 15 heavy (non-hydrogen) atoms. The van der Waals surface area contributed by atoms with E-state index in [0.717, 1.165) is 0 Å². The molecule has 1 aliphatic carbocycles. The maximum atomic E-state index is 3.96. The third kappa shape index (κ3) is 3.73. The third-order valence-electron chi connectivity index (χ3n) is 3.41. The zero-order chi connectivity index (χ0) is 11.3. The Bertz CT molecular complexity index is 234. The van der Waals surface area contributed by atoms with Crippen molar-refractivity contribution >= 4 is 0 Å². The number of rotatable bonds is 7. The van der Waals surface area contributed by atoms with Gasteiger partial charge in [-0.25, -0.2) is 0 Å². The minimum Gasteiger partial charge on any atom is -0.372 e. The van der Waals surface area contributed by atoms with Crippen molar-refractivity contribution in [3.8, 4) is 0 Å². The van der Waals surface area contributed by atoms with Crippen LogP contribution in [0.1, 0.15) is 52.4 Å². The van der Waals surface area contributed by atoms with Crippen LogP contribution in [-0.4, -0.2) is 18.0 Å². The second kappa shape index (κ2) is 5.99. The maximum Gasteiger partial charge on any atom is 0.0464 e. The van der Waals surface area contributed by atoms with Crippen molar-refractivity contribution in [2.45, 2.75) is 58.4 Å². The summed E-state index contributed by atoms with van der Waals surface area (Å²) in [6.07, 6.45) is 9.94. The van der Waals surface area contributed by atoms with E-state index in [1.807, 2.05) is 0 Å². The summed E-state index contributed by atoms with van der Waals surface area (Å²) in [6, 6.07) is 0.532. The van der Waals surface area contributed by atoms with E-state index in [0.29, 0.717) is 6.04 Å². The Labute approximate surface area is 94.9 Å². The Morgan fingerprint density at radius 3 is 2.60 bits per heavy atom. The van der Waals surface area contributed by atoms with Crippen molar-refractivity contribution < 1.29 is 0 Å². The number of unbranched alkanes of at least 4 members (excludes halogenated alkanes) is 2. The lowest BCUT2D eigenvalue weighted by molar-refractivity contribution is 0.328. The highest BCUT2D eigenvalue weighted by molar-refractivity contribution is 5.23. The molecule has 1 nitrogen and oxygen atoms in total. The highest BCUT2D eigenvalue weighted by Crippen LogP contribution is 2.33. The molecule has 0 spiro atoms. The average Bonchev–Trinajstić information content (AvgIpc) is 3.06. The first-order chi connectivity index (χ1) is 7.20. The van der Waals surface area contributed by atoms with Crippen LogP contribution in [0, 0.1) is 0 Å². The molecule has 0 aromatic carbocycles. The summed E-state index contributed by atoms with van der Waals surface area (Å²) in [5.41, 5.74) is 3.12. The predicted molar refractivity (Wildman–Crippen MR) is 67.8 cm³/mol. The minimum absolute atomic E-state index is 0.532. The first-order valence-corrected chi connectivity index (χ1v) is 6.24. The Balaban J connectivity index is 2.43. The molecule has 0 aromatic rings. The molecule has 0 bridgehead atoms. The normalized spacial score (nSPS) is 16.1. The molecule has 1 heteroatoms. The number of likely N-dealkylation sites (N-methyl/N-ethyl adjacent to an activating group) is 1. The molecule has 0 saturated heterocycles. The van der Waals surface area contributed by atoms with Gasteiger partial charge in [0.25, 0.3) is 0 Å². The van der Waals surface area contributed by atoms with E-state index in [1.54, 1.807) is 5.57 Å². The molecule has 0 aliphatic heterocycles. The van der Waals surface area contributed by atoms with E-state index in [9.17, 15) is 0 Å². The van der Waals surface area contributed by atoms with Crippen LogP contribution in [0.15, 0.2) is 23.9 Å². The lowest BCUT2D eigenvalue weighted by Crippen LogP contribution is -2.28. The second-order valence-electron chi connectivity index (χ2n) is 4.60.